The van der Waals surface area contributed by atoms with Gasteiger partial charge < -0.3 is 15.3 Å². The summed E-state index contributed by atoms with van der Waals surface area (Å²) in [5, 5.41) is 10.9. The number of hydrogen-bond acceptors (Lipinski definition) is 2. The number of amides is 2. The minimum absolute atomic E-state index is 0.110. The molecule has 0 heterocycles. The molecule has 1 rings (SSSR count). The van der Waals surface area contributed by atoms with Gasteiger partial charge >= 0.3 is 6.03 Å². The number of halogens is 2. The molecule has 0 atom stereocenters. The van der Waals surface area contributed by atoms with E-state index < -0.39 is 23.4 Å². The second-order valence-corrected chi connectivity index (χ2v) is 3.33. The van der Waals surface area contributed by atoms with Crippen LogP contribution in [0.1, 0.15) is 6.92 Å². The summed E-state index contributed by atoms with van der Waals surface area (Å²) in [5.74, 6) is -1.67. The molecular formula is C11H14F2N2O2. The average Bonchev–Trinajstić information content (AvgIpc) is 2.30. The molecule has 17 heavy (non-hydrogen) atoms. The Bertz CT molecular complexity index is 379. The van der Waals surface area contributed by atoms with Gasteiger partial charge in [0.25, 0.3) is 0 Å². The van der Waals surface area contributed by atoms with Crippen molar-refractivity contribution in [3.05, 3.63) is 29.8 Å². The maximum atomic E-state index is 13.2. The highest BCUT2D eigenvalue weighted by Crippen LogP contribution is 2.18. The standard InChI is InChI=1S/C11H14F2N2O2/c1-2-15(6-7-16)11(17)14-10-8(12)4-3-5-9(10)13/h3-5,16H,2,6-7H2,1H3,(H,14,17). The average molecular weight is 244 g/mol. The molecule has 0 bridgehead atoms. The number of benzene rings is 1. The first-order chi connectivity index (χ1) is 8.10. The van der Waals surface area contributed by atoms with Gasteiger partial charge in [0.2, 0.25) is 0 Å². The number of carbonyl (C=O) groups is 1. The van der Waals surface area contributed by atoms with Gasteiger partial charge in [-0.2, -0.15) is 0 Å². The summed E-state index contributed by atoms with van der Waals surface area (Å²) in [6.07, 6.45) is 0. The minimum Gasteiger partial charge on any atom is -0.395 e. The van der Waals surface area contributed by atoms with Crippen LogP contribution in [-0.2, 0) is 0 Å². The van der Waals surface area contributed by atoms with E-state index in [1.807, 2.05) is 0 Å². The predicted molar refractivity (Wildman–Crippen MR) is 59.7 cm³/mol. The van der Waals surface area contributed by atoms with Crippen molar-refractivity contribution in [2.75, 3.05) is 25.0 Å². The Morgan fingerprint density at radius 1 is 1.41 bits per heavy atom. The summed E-state index contributed by atoms with van der Waals surface area (Å²) < 4.78 is 26.5. The fraction of sp³-hybridized carbons (Fsp3) is 0.364. The number of aliphatic hydroxyl groups is 1. The van der Waals surface area contributed by atoms with Crippen LogP contribution in [0.3, 0.4) is 0 Å². The molecule has 94 valence electrons. The Balaban J connectivity index is 2.80. The molecule has 0 aliphatic rings. The first kappa shape index (κ1) is 13.4. The quantitative estimate of drug-likeness (QED) is 0.848. The molecule has 0 aliphatic carbocycles. The lowest BCUT2D eigenvalue weighted by Crippen LogP contribution is -2.37. The van der Waals surface area contributed by atoms with Crippen molar-refractivity contribution >= 4 is 11.7 Å². The van der Waals surface area contributed by atoms with Gasteiger partial charge in [-0.05, 0) is 19.1 Å². The molecular weight excluding hydrogens is 230 g/mol. The molecule has 4 nitrogen and oxygen atoms in total. The van der Waals surface area contributed by atoms with Crippen LogP contribution in [0.5, 0.6) is 0 Å². The van der Waals surface area contributed by atoms with E-state index in [1.54, 1.807) is 6.92 Å². The molecule has 1 aromatic rings. The van der Waals surface area contributed by atoms with E-state index in [9.17, 15) is 13.6 Å². The molecule has 2 amide bonds. The van der Waals surface area contributed by atoms with Gasteiger partial charge in [0.15, 0.2) is 0 Å². The van der Waals surface area contributed by atoms with Gasteiger partial charge in [-0.3, -0.25) is 0 Å². The van der Waals surface area contributed by atoms with Crippen molar-refractivity contribution in [1.82, 2.24) is 4.90 Å². The van der Waals surface area contributed by atoms with Crippen LogP contribution in [0, 0.1) is 11.6 Å². The largest absolute Gasteiger partial charge is 0.395 e. The van der Waals surface area contributed by atoms with E-state index in [2.05, 4.69) is 5.32 Å². The third-order valence-electron chi connectivity index (χ3n) is 2.23. The van der Waals surface area contributed by atoms with Crippen LogP contribution < -0.4 is 5.32 Å². The molecule has 0 aliphatic heterocycles. The topological polar surface area (TPSA) is 52.6 Å². The number of urea groups is 1. The predicted octanol–water partition coefficient (Wildman–Crippen LogP) is 1.81. The molecule has 2 N–H and O–H groups in total. The van der Waals surface area contributed by atoms with E-state index in [0.29, 0.717) is 6.54 Å². The van der Waals surface area contributed by atoms with Crippen LogP contribution in [-0.4, -0.2) is 35.7 Å². The molecule has 0 aromatic heterocycles. The number of carbonyl (C=O) groups excluding carboxylic acids is 1. The summed E-state index contributed by atoms with van der Waals surface area (Å²) in [7, 11) is 0. The monoisotopic (exact) mass is 244 g/mol. The van der Waals surface area contributed by atoms with Crippen molar-refractivity contribution in [1.29, 1.82) is 0 Å². The van der Waals surface area contributed by atoms with Crippen molar-refractivity contribution in [3.63, 3.8) is 0 Å². The van der Waals surface area contributed by atoms with E-state index in [4.69, 9.17) is 5.11 Å². The number of hydrogen-bond donors (Lipinski definition) is 2. The summed E-state index contributed by atoms with van der Waals surface area (Å²) in [6, 6.07) is 2.68. The fourth-order valence-corrected chi connectivity index (χ4v) is 1.33. The maximum Gasteiger partial charge on any atom is 0.322 e. The molecule has 0 fully saturated rings. The maximum absolute atomic E-state index is 13.2. The first-order valence-electron chi connectivity index (χ1n) is 5.21. The highest BCUT2D eigenvalue weighted by molar-refractivity contribution is 5.89. The number of nitrogens with one attached hydrogen (secondary N) is 1. The SMILES string of the molecule is CCN(CCO)C(=O)Nc1c(F)cccc1F. The van der Waals surface area contributed by atoms with Crippen molar-refractivity contribution in [3.8, 4) is 0 Å². The molecule has 6 heteroatoms. The normalized spacial score (nSPS) is 10.1. The lowest BCUT2D eigenvalue weighted by atomic mass is 10.3. The number of para-hydroxylation sites is 1. The lowest BCUT2D eigenvalue weighted by molar-refractivity contribution is 0.191. The van der Waals surface area contributed by atoms with E-state index >= 15 is 0 Å². The number of likely N-dealkylation sites (N-methyl/N-ethyl adjacent to an activating group) is 1. The van der Waals surface area contributed by atoms with Crippen LogP contribution in [0.15, 0.2) is 18.2 Å². The van der Waals surface area contributed by atoms with Crippen molar-refractivity contribution in [2.24, 2.45) is 0 Å². The van der Waals surface area contributed by atoms with E-state index in [-0.39, 0.29) is 13.2 Å². The molecule has 1 aromatic carbocycles. The first-order valence-corrected chi connectivity index (χ1v) is 5.21. The third kappa shape index (κ3) is 3.39. The molecule has 0 unspecified atom stereocenters. The fourth-order valence-electron chi connectivity index (χ4n) is 1.33. The Morgan fingerprint density at radius 3 is 2.47 bits per heavy atom. The van der Waals surface area contributed by atoms with Crippen LogP contribution >= 0.6 is 0 Å². The summed E-state index contributed by atoms with van der Waals surface area (Å²) in [5.41, 5.74) is -0.478. The summed E-state index contributed by atoms with van der Waals surface area (Å²) in [4.78, 5) is 12.9. The molecule has 0 radical (unpaired) electrons. The summed E-state index contributed by atoms with van der Waals surface area (Å²) >= 11 is 0. The number of anilines is 1. The Kier molecular flexibility index (Phi) is 4.84. The Hall–Kier alpha value is -1.69. The van der Waals surface area contributed by atoms with Gasteiger partial charge in [-0.1, -0.05) is 6.07 Å². The van der Waals surface area contributed by atoms with Crippen LogP contribution in [0.25, 0.3) is 0 Å². The zero-order valence-corrected chi connectivity index (χ0v) is 9.41. The van der Waals surface area contributed by atoms with Gasteiger partial charge in [0.05, 0.1) is 6.61 Å². The van der Waals surface area contributed by atoms with Crippen LogP contribution in [0.2, 0.25) is 0 Å². The van der Waals surface area contributed by atoms with Crippen molar-refractivity contribution in [2.45, 2.75) is 6.92 Å². The highest BCUT2D eigenvalue weighted by Gasteiger charge is 2.15. The Labute approximate surface area is 97.9 Å². The molecule has 0 saturated carbocycles. The van der Waals surface area contributed by atoms with Crippen LogP contribution in [0.4, 0.5) is 19.3 Å². The van der Waals surface area contributed by atoms with Gasteiger partial charge in [-0.15, -0.1) is 0 Å². The van der Waals surface area contributed by atoms with Gasteiger partial charge in [0.1, 0.15) is 17.3 Å². The molecule has 0 spiro atoms. The minimum atomic E-state index is -0.835. The Morgan fingerprint density at radius 2 is 2.00 bits per heavy atom. The third-order valence-corrected chi connectivity index (χ3v) is 2.23. The second kappa shape index (κ2) is 6.15. The van der Waals surface area contributed by atoms with Crippen molar-refractivity contribution < 1.29 is 18.7 Å². The smallest absolute Gasteiger partial charge is 0.322 e. The number of rotatable bonds is 4. The second-order valence-electron chi connectivity index (χ2n) is 3.33. The van der Waals surface area contributed by atoms with E-state index in [0.717, 1.165) is 12.1 Å². The zero-order chi connectivity index (χ0) is 12.8. The number of aliphatic hydroxyl groups excluding tert-OH is 1. The van der Waals surface area contributed by atoms with E-state index in [1.165, 1.54) is 11.0 Å². The lowest BCUT2D eigenvalue weighted by Gasteiger charge is -2.20. The van der Waals surface area contributed by atoms with Gasteiger partial charge in [0, 0.05) is 13.1 Å². The highest BCUT2D eigenvalue weighted by atomic mass is 19.1. The summed E-state index contributed by atoms with van der Waals surface area (Å²) in [6.45, 7) is 1.94. The zero-order valence-electron chi connectivity index (χ0n) is 9.41. The van der Waals surface area contributed by atoms with Gasteiger partial charge in [-0.25, -0.2) is 13.6 Å². The number of nitrogens with zero attached hydrogens (tertiary/aromatic N) is 1. The molecule has 0 saturated heterocycles.